The van der Waals surface area contributed by atoms with Gasteiger partial charge in [-0.2, -0.15) is 0 Å². The molecule has 1 aromatic carbocycles. The molecule has 21 heavy (non-hydrogen) atoms. The van der Waals surface area contributed by atoms with Crippen LogP contribution < -0.4 is 15.8 Å². The van der Waals surface area contributed by atoms with E-state index in [0.717, 1.165) is 18.4 Å². The van der Waals surface area contributed by atoms with Crippen LogP contribution in [0.3, 0.4) is 0 Å². The average Bonchev–Trinajstić information content (AvgIpc) is 3.07. The molecule has 1 aromatic rings. The zero-order chi connectivity index (χ0) is 14.8. The summed E-state index contributed by atoms with van der Waals surface area (Å²) in [5, 5.41) is 3.07. The molecule has 4 heteroatoms. The third-order valence-corrected chi connectivity index (χ3v) is 4.91. The third-order valence-electron chi connectivity index (χ3n) is 4.91. The van der Waals surface area contributed by atoms with Crippen molar-refractivity contribution in [2.24, 2.45) is 17.8 Å². The predicted molar refractivity (Wildman–Crippen MR) is 83.3 cm³/mol. The van der Waals surface area contributed by atoms with Gasteiger partial charge in [-0.15, -0.1) is 0 Å². The quantitative estimate of drug-likeness (QED) is 0.819. The van der Waals surface area contributed by atoms with Gasteiger partial charge < -0.3 is 15.8 Å². The molecule has 2 saturated carbocycles. The molecule has 0 spiro atoms. The molecule has 4 nitrogen and oxygen atoms in total. The second-order valence-electron chi connectivity index (χ2n) is 6.37. The third kappa shape index (κ3) is 3.14. The zero-order valence-corrected chi connectivity index (χ0v) is 12.6. The molecule has 1 amide bonds. The number of nitrogen functional groups attached to an aromatic ring is 1. The molecule has 3 atom stereocenters. The number of ether oxygens (including phenoxy) is 1. The van der Waals surface area contributed by atoms with Crippen LogP contribution in [-0.2, 0) is 0 Å². The first kappa shape index (κ1) is 14.2. The van der Waals surface area contributed by atoms with Crippen molar-refractivity contribution in [3.8, 4) is 5.75 Å². The summed E-state index contributed by atoms with van der Waals surface area (Å²) < 4.78 is 5.44. The van der Waals surface area contributed by atoms with E-state index in [0.29, 0.717) is 29.5 Å². The van der Waals surface area contributed by atoms with Crippen LogP contribution >= 0.6 is 0 Å². The Hall–Kier alpha value is -1.71. The van der Waals surface area contributed by atoms with Crippen molar-refractivity contribution in [2.75, 3.05) is 18.9 Å². The van der Waals surface area contributed by atoms with E-state index >= 15 is 0 Å². The number of fused-ring (bicyclic) bond motifs is 2. The molecule has 0 aliphatic heterocycles. The minimum absolute atomic E-state index is 0.0500. The van der Waals surface area contributed by atoms with Crippen LogP contribution in [0, 0.1) is 17.8 Å². The fraction of sp³-hybridized carbons (Fsp3) is 0.588. The maximum absolute atomic E-state index is 12.3. The molecule has 2 bridgehead atoms. The van der Waals surface area contributed by atoms with Crippen molar-refractivity contribution >= 4 is 11.6 Å². The number of amides is 1. The zero-order valence-electron chi connectivity index (χ0n) is 12.6. The monoisotopic (exact) mass is 288 g/mol. The number of hydrogen-bond donors (Lipinski definition) is 2. The lowest BCUT2D eigenvalue weighted by molar-refractivity contribution is 0.0941. The summed E-state index contributed by atoms with van der Waals surface area (Å²) in [4.78, 5) is 12.3. The van der Waals surface area contributed by atoms with E-state index in [4.69, 9.17) is 10.5 Å². The average molecular weight is 288 g/mol. The summed E-state index contributed by atoms with van der Waals surface area (Å²) in [6.45, 7) is 3.27. The van der Waals surface area contributed by atoms with Gasteiger partial charge in [0.1, 0.15) is 5.75 Å². The molecule has 3 rings (SSSR count). The van der Waals surface area contributed by atoms with Gasteiger partial charge in [-0.1, -0.05) is 6.42 Å². The van der Waals surface area contributed by atoms with E-state index < -0.39 is 0 Å². The van der Waals surface area contributed by atoms with Crippen molar-refractivity contribution in [3.05, 3.63) is 23.8 Å². The highest BCUT2D eigenvalue weighted by Gasteiger charge is 2.39. The molecule has 2 aliphatic rings. The molecule has 0 radical (unpaired) electrons. The second-order valence-corrected chi connectivity index (χ2v) is 6.37. The van der Waals surface area contributed by atoms with Gasteiger partial charge in [0, 0.05) is 23.9 Å². The first-order valence-electron chi connectivity index (χ1n) is 7.97. The van der Waals surface area contributed by atoms with Crippen LogP contribution in [0.1, 0.15) is 43.0 Å². The van der Waals surface area contributed by atoms with Crippen LogP contribution in [-0.4, -0.2) is 19.1 Å². The fourth-order valence-electron chi connectivity index (χ4n) is 3.96. The summed E-state index contributed by atoms with van der Waals surface area (Å²) in [5.41, 5.74) is 6.98. The molecule has 0 aromatic heterocycles. The number of nitrogens with two attached hydrogens (primary N) is 1. The summed E-state index contributed by atoms with van der Waals surface area (Å²) >= 11 is 0. The topological polar surface area (TPSA) is 64.3 Å². The number of nitrogens with one attached hydrogen (secondary N) is 1. The van der Waals surface area contributed by atoms with Gasteiger partial charge in [-0.3, -0.25) is 4.79 Å². The molecular weight excluding hydrogens is 264 g/mol. The van der Waals surface area contributed by atoms with E-state index in [2.05, 4.69) is 5.32 Å². The Kier molecular flexibility index (Phi) is 4.04. The molecule has 3 unspecified atom stereocenters. The fourth-order valence-corrected chi connectivity index (χ4v) is 3.96. The molecule has 2 aliphatic carbocycles. The Morgan fingerprint density at radius 2 is 2.19 bits per heavy atom. The van der Waals surface area contributed by atoms with Gasteiger partial charge in [0.15, 0.2) is 0 Å². The highest BCUT2D eigenvalue weighted by Crippen LogP contribution is 2.47. The maximum Gasteiger partial charge on any atom is 0.251 e. The van der Waals surface area contributed by atoms with Crippen molar-refractivity contribution in [2.45, 2.75) is 32.6 Å². The number of carbonyl (C=O) groups excluding carboxylic acids is 1. The number of anilines is 1. The SMILES string of the molecule is CCOc1cc(N)cc(C(=O)NCC2CC3CCC2C3)c1. The summed E-state index contributed by atoms with van der Waals surface area (Å²) in [6, 6.07) is 5.21. The van der Waals surface area contributed by atoms with Gasteiger partial charge in [0.25, 0.3) is 5.91 Å². The van der Waals surface area contributed by atoms with E-state index in [-0.39, 0.29) is 5.91 Å². The van der Waals surface area contributed by atoms with E-state index in [1.807, 2.05) is 6.92 Å². The largest absolute Gasteiger partial charge is 0.494 e. The lowest BCUT2D eigenvalue weighted by atomic mass is 9.89. The van der Waals surface area contributed by atoms with Crippen LogP contribution in [0.2, 0.25) is 0 Å². The van der Waals surface area contributed by atoms with Gasteiger partial charge in [0.05, 0.1) is 6.61 Å². The number of hydrogen-bond acceptors (Lipinski definition) is 3. The van der Waals surface area contributed by atoms with Crippen molar-refractivity contribution in [3.63, 3.8) is 0 Å². The smallest absolute Gasteiger partial charge is 0.251 e. The standard InChI is InChI=1S/C17H24N2O2/c1-2-21-16-8-13(7-15(18)9-16)17(20)19-10-14-6-11-3-4-12(14)5-11/h7-9,11-12,14H,2-6,10,18H2,1H3,(H,19,20). The van der Waals surface area contributed by atoms with Crippen molar-refractivity contribution < 1.29 is 9.53 Å². The molecule has 3 N–H and O–H groups in total. The number of benzene rings is 1. The highest BCUT2D eigenvalue weighted by molar-refractivity contribution is 5.95. The Morgan fingerprint density at radius 3 is 2.86 bits per heavy atom. The van der Waals surface area contributed by atoms with Crippen LogP contribution in [0.25, 0.3) is 0 Å². The maximum atomic E-state index is 12.3. The highest BCUT2D eigenvalue weighted by atomic mass is 16.5. The molecular formula is C17H24N2O2. The van der Waals surface area contributed by atoms with E-state index in [1.165, 1.54) is 25.7 Å². The van der Waals surface area contributed by atoms with Gasteiger partial charge >= 0.3 is 0 Å². The Morgan fingerprint density at radius 1 is 1.33 bits per heavy atom. The normalized spacial score (nSPS) is 26.8. The Labute approximate surface area is 126 Å². The lowest BCUT2D eigenvalue weighted by Gasteiger charge is -2.21. The van der Waals surface area contributed by atoms with Crippen LogP contribution in [0.4, 0.5) is 5.69 Å². The Bertz CT molecular complexity index is 530. The summed E-state index contributed by atoms with van der Waals surface area (Å²) in [5.74, 6) is 3.01. The van der Waals surface area contributed by atoms with Gasteiger partial charge in [-0.05, 0) is 56.1 Å². The Balaban J connectivity index is 1.60. The van der Waals surface area contributed by atoms with Crippen molar-refractivity contribution in [1.29, 1.82) is 0 Å². The molecule has 0 heterocycles. The predicted octanol–water partition coefficient (Wildman–Crippen LogP) is 2.83. The first-order valence-corrected chi connectivity index (χ1v) is 7.97. The van der Waals surface area contributed by atoms with Gasteiger partial charge in [-0.25, -0.2) is 0 Å². The van der Waals surface area contributed by atoms with E-state index in [9.17, 15) is 4.79 Å². The minimum atomic E-state index is -0.0500. The summed E-state index contributed by atoms with van der Waals surface area (Å²) in [6.07, 6.45) is 5.39. The first-order chi connectivity index (χ1) is 10.2. The molecule has 2 fully saturated rings. The van der Waals surface area contributed by atoms with Crippen LogP contribution in [0.15, 0.2) is 18.2 Å². The second kappa shape index (κ2) is 5.96. The van der Waals surface area contributed by atoms with Crippen molar-refractivity contribution in [1.82, 2.24) is 5.32 Å². The summed E-state index contributed by atoms with van der Waals surface area (Å²) in [7, 11) is 0. The lowest BCUT2D eigenvalue weighted by Crippen LogP contribution is -2.31. The molecule has 0 saturated heterocycles. The minimum Gasteiger partial charge on any atom is -0.494 e. The molecule has 114 valence electrons. The van der Waals surface area contributed by atoms with Gasteiger partial charge in [0.2, 0.25) is 0 Å². The number of carbonyl (C=O) groups is 1. The van der Waals surface area contributed by atoms with E-state index in [1.54, 1.807) is 18.2 Å². The number of rotatable bonds is 5. The van der Waals surface area contributed by atoms with Crippen LogP contribution in [0.5, 0.6) is 5.75 Å².